The van der Waals surface area contributed by atoms with Crippen LogP contribution in [0.3, 0.4) is 0 Å². The molecule has 0 aromatic heterocycles. The van der Waals surface area contributed by atoms with Gasteiger partial charge in [0.1, 0.15) is 5.69 Å². The van der Waals surface area contributed by atoms with Gasteiger partial charge in [-0.15, -0.1) is 0 Å². The zero-order chi connectivity index (χ0) is 16.6. The fraction of sp³-hybridized carbons (Fsp3) is 0.278. The first-order valence-electron chi connectivity index (χ1n) is 7.63. The lowest BCUT2D eigenvalue weighted by molar-refractivity contribution is -0.384. The maximum atomic E-state index is 11.5. The van der Waals surface area contributed by atoms with E-state index in [2.05, 4.69) is 19.1 Å². The summed E-state index contributed by atoms with van der Waals surface area (Å²) in [5.41, 5.74) is 3.42. The Bertz CT molecular complexity index is 786. The molecule has 0 fully saturated rings. The minimum Gasteiger partial charge on any atom is -0.359 e. The van der Waals surface area contributed by atoms with Crippen LogP contribution in [0, 0.1) is 10.1 Å². The largest absolute Gasteiger partial charge is 0.359 e. The van der Waals surface area contributed by atoms with Gasteiger partial charge in [0.05, 0.1) is 11.0 Å². The summed E-state index contributed by atoms with van der Waals surface area (Å²) in [5.74, 6) is -0.170. The van der Waals surface area contributed by atoms with Gasteiger partial charge in [-0.05, 0) is 43.5 Å². The average Bonchev–Trinajstić information content (AvgIpc) is 2.55. The van der Waals surface area contributed by atoms with Crippen molar-refractivity contribution >= 4 is 17.2 Å². The molecule has 1 unspecified atom stereocenters. The van der Waals surface area contributed by atoms with Crippen LogP contribution in [0.5, 0.6) is 0 Å². The fourth-order valence-corrected chi connectivity index (χ4v) is 3.23. The molecule has 0 bridgehead atoms. The summed E-state index contributed by atoms with van der Waals surface area (Å²) in [6.07, 6.45) is 0.853. The molecule has 1 heterocycles. The van der Waals surface area contributed by atoms with Gasteiger partial charge in [0.25, 0.3) is 5.69 Å². The average molecular weight is 310 g/mol. The summed E-state index contributed by atoms with van der Waals surface area (Å²) >= 11 is 0. The molecule has 0 aliphatic carbocycles. The monoisotopic (exact) mass is 310 g/mol. The van der Waals surface area contributed by atoms with Crippen LogP contribution in [0.2, 0.25) is 0 Å². The number of nitro benzene ring substituents is 1. The van der Waals surface area contributed by atoms with Crippen LogP contribution in [0.4, 0.5) is 11.4 Å². The molecule has 0 amide bonds. The van der Waals surface area contributed by atoms with Crippen molar-refractivity contribution in [3.8, 4) is 0 Å². The molecule has 1 aliphatic rings. The Hall–Kier alpha value is -2.69. The number of Topliss-reactive ketones (excluding diaryl/α,β-unsaturated/α-hetero) is 1. The number of benzene rings is 2. The Morgan fingerprint density at radius 3 is 2.70 bits per heavy atom. The Kier molecular flexibility index (Phi) is 3.86. The van der Waals surface area contributed by atoms with Crippen LogP contribution in [-0.2, 0) is 6.42 Å². The van der Waals surface area contributed by atoms with Crippen LogP contribution >= 0.6 is 0 Å². The zero-order valence-electron chi connectivity index (χ0n) is 13.2. The molecule has 118 valence electrons. The second-order valence-corrected chi connectivity index (χ2v) is 5.83. The predicted octanol–water partition coefficient (Wildman–Crippen LogP) is 3.92. The zero-order valence-corrected chi connectivity index (χ0v) is 13.2. The summed E-state index contributed by atoms with van der Waals surface area (Å²) in [4.78, 5) is 24.6. The van der Waals surface area contributed by atoms with E-state index >= 15 is 0 Å². The van der Waals surface area contributed by atoms with E-state index in [1.54, 1.807) is 12.1 Å². The lowest BCUT2D eigenvalue weighted by Crippen LogP contribution is -2.34. The number of fused-ring (bicyclic) bond motifs is 1. The minimum absolute atomic E-state index is 0.0102. The number of hydrogen-bond donors (Lipinski definition) is 0. The summed E-state index contributed by atoms with van der Waals surface area (Å²) in [6, 6.07) is 13.0. The smallest absolute Gasteiger partial charge is 0.293 e. The van der Waals surface area contributed by atoms with Crippen LogP contribution in [0.1, 0.15) is 41.4 Å². The fourth-order valence-electron chi connectivity index (χ4n) is 3.23. The second-order valence-electron chi connectivity index (χ2n) is 5.83. The van der Waals surface area contributed by atoms with Gasteiger partial charge >= 0.3 is 0 Å². The highest BCUT2D eigenvalue weighted by Gasteiger charge is 2.29. The van der Waals surface area contributed by atoms with E-state index < -0.39 is 4.92 Å². The van der Waals surface area contributed by atoms with E-state index in [1.165, 1.54) is 24.1 Å². The molecular formula is C18H18N2O3. The molecule has 1 atom stereocenters. The lowest BCUT2D eigenvalue weighted by Gasteiger charge is -2.36. The van der Waals surface area contributed by atoms with Gasteiger partial charge in [-0.3, -0.25) is 14.9 Å². The molecular weight excluding hydrogens is 292 g/mol. The van der Waals surface area contributed by atoms with E-state index in [0.717, 1.165) is 13.0 Å². The van der Waals surface area contributed by atoms with Crippen LogP contribution in [0.25, 0.3) is 0 Å². The molecule has 3 rings (SSSR count). The van der Waals surface area contributed by atoms with Crippen molar-refractivity contribution in [1.82, 2.24) is 0 Å². The minimum atomic E-state index is -0.408. The molecule has 0 spiro atoms. The van der Waals surface area contributed by atoms with Gasteiger partial charge < -0.3 is 4.90 Å². The van der Waals surface area contributed by atoms with E-state index in [9.17, 15) is 14.9 Å². The SMILES string of the molecule is CC(=O)c1ccc(N2CCc3ccccc3C2C)c([N+](=O)[O-])c1. The summed E-state index contributed by atoms with van der Waals surface area (Å²) < 4.78 is 0. The van der Waals surface area contributed by atoms with Gasteiger partial charge in [0.2, 0.25) is 0 Å². The van der Waals surface area contributed by atoms with E-state index in [1.807, 2.05) is 17.0 Å². The molecule has 0 saturated heterocycles. The third-order valence-electron chi connectivity index (χ3n) is 4.48. The molecule has 2 aromatic rings. The number of hydrogen-bond acceptors (Lipinski definition) is 4. The molecule has 0 saturated carbocycles. The quantitative estimate of drug-likeness (QED) is 0.489. The summed E-state index contributed by atoms with van der Waals surface area (Å²) in [5, 5.41) is 11.5. The molecule has 0 radical (unpaired) electrons. The van der Waals surface area contributed by atoms with E-state index in [0.29, 0.717) is 11.3 Å². The highest BCUT2D eigenvalue weighted by Crippen LogP contribution is 2.38. The predicted molar refractivity (Wildman–Crippen MR) is 89.0 cm³/mol. The third kappa shape index (κ3) is 2.70. The number of anilines is 1. The van der Waals surface area contributed by atoms with Crippen molar-refractivity contribution in [2.24, 2.45) is 0 Å². The van der Waals surface area contributed by atoms with E-state index in [4.69, 9.17) is 0 Å². The standard InChI is InChI=1S/C18H18N2O3/c1-12-16-6-4-3-5-14(16)9-10-19(12)17-8-7-15(13(2)21)11-18(17)20(22)23/h3-8,11-12H,9-10H2,1-2H3. The topological polar surface area (TPSA) is 63.5 Å². The normalized spacial score (nSPS) is 16.8. The van der Waals surface area contributed by atoms with Gasteiger partial charge in [-0.25, -0.2) is 0 Å². The van der Waals surface area contributed by atoms with Gasteiger partial charge in [0.15, 0.2) is 5.78 Å². The van der Waals surface area contributed by atoms with Crippen molar-refractivity contribution in [2.75, 3.05) is 11.4 Å². The molecule has 0 N–H and O–H groups in total. The third-order valence-corrected chi connectivity index (χ3v) is 4.48. The maximum Gasteiger partial charge on any atom is 0.293 e. The Balaban J connectivity index is 2.05. The van der Waals surface area contributed by atoms with Crippen LogP contribution in [-0.4, -0.2) is 17.3 Å². The van der Waals surface area contributed by atoms with Crippen molar-refractivity contribution < 1.29 is 9.72 Å². The van der Waals surface area contributed by atoms with Crippen LogP contribution < -0.4 is 4.90 Å². The van der Waals surface area contributed by atoms with E-state index in [-0.39, 0.29) is 17.5 Å². The first-order valence-corrected chi connectivity index (χ1v) is 7.63. The van der Waals surface area contributed by atoms with Crippen LogP contribution in [0.15, 0.2) is 42.5 Å². The number of nitrogens with zero attached hydrogens (tertiary/aromatic N) is 2. The van der Waals surface area contributed by atoms with Crippen molar-refractivity contribution in [1.29, 1.82) is 0 Å². The molecule has 23 heavy (non-hydrogen) atoms. The Morgan fingerprint density at radius 1 is 1.26 bits per heavy atom. The number of carbonyl (C=O) groups is 1. The second kappa shape index (κ2) is 5.83. The molecule has 1 aliphatic heterocycles. The first-order chi connectivity index (χ1) is 11.0. The van der Waals surface area contributed by atoms with Gasteiger partial charge in [0, 0.05) is 18.2 Å². The first kappa shape index (κ1) is 15.2. The highest BCUT2D eigenvalue weighted by molar-refractivity contribution is 5.95. The summed E-state index contributed by atoms with van der Waals surface area (Å²) in [7, 11) is 0. The highest BCUT2D eigenvalue weighted by atomic mass is 16.6. The molecule has 2 aromatic carbocycles. The number of ketones is 1. The number of nitro groups is 1. The maximum absolute atomic E-state index is 11.5. The number of carbonyl (C=O) groups excluding carboxylic acids is 1. The Labute approximate surface area is 134 Å². The van der Waals surface area contributed by atoms with Gasteiger partial charge in [-0.1, -0.05) is 24.3 Å². The molecule has 5 nitrogen and oxygen atoms in total. The van der Waals surface area contributed by atoms with Crippen molar-refractivity contribution in [3.05, 3.63) is 69.3 Å². The van der Waals surface area contributed by atoms with Crippen molar-refractivity contribution in [2.45, 2.75) is 26.3 Å². The molecule has 5 heteroatoms. The van der Waals surface area contributed by atoms with Gasteiger partial charge in [-0.2, -0.15) is 0 Å². The Morgan fingerprint density at radius 2 is 2.00 bits per heavy atom. The number of rotatable bonds is 3. The summed E-state index contributed by atoms with van der Waals surface area (Å²) in [6.45, 7) is 4.19. The lowest BCUT2D eigenvalue weighted by atomic mass is 9.93. The van der Waals surface area contributed by atoms with Crippen molar-refractivity contribution in [3.63, 3.8) is 0 Å².